The number of unbranched alkanes of at least 4 members (excludes halogenated alkanes) is 7. The highest BCUT2D eigenvalue weighted by atomic mass is 32.3. The van der Waals surface area contributed by atoms with E-state index in [-0.39, 0.29) is 19.6 Å². The normalized spacial score (nSPS) is 20.1. The lowest BCUT2D eigenvalue weighted by molar-refractivity contribution is -0.301. The molecule has 0 bridgehead atoms. The lowest BCUT2D eigenvalue weighted by atomic mass is 9.99. The summed E-state index contributed by atoms with van der Waals surface area (Å²) < 4.78 is 59.2. The predicted octanol–water partition coefficient (Wildman–Crippen LogP) is 12.9. The molecular formula is C59H92O12S. The first kappa shape index (κ1) is 66.0. The first-order valence-corrected chi connectivity index (χ1v) is 28.0. The zero-order chi connectivity index (χ0) is 52.4. The minimum absolute atomic E-state index is 0.00716. The van der Waals surface area contributed by atoms with Crippen LogP contribution in [0.4, 0.5) is 0 Å². The number of ether oxygens (including phenoxy) is 4. The van der Waals surface area contributed by atoms with Crippen LogP contribution in [-0.2, 0) is 38.3 Å². The van der Waals surface area contributed by atoms with Crippen molar-refractivity contribution in [1.29, 1.82) is 0 Å². The van der Waals surface area contributed by atoms with E-state index in [1.807, 2.05) is 0 Å². The minimum atomic E-state index is -5.09. The Kier molecular flexibility index (Phi) is 44.0. The molecule has 0 spiro atoms. The third kappa shape index (κ3) is 40.5. The number of rotatable bonds is 44. The summed E-state index contributed by atoms with van der Waals surface area (Å²) in [6.45, 7) is 3.63. The van der Waals surface area contributed by atoms with Crippen molar-refractivity contribution in [3.63, 3.8) is 0 Å². The molecule has 0 radical (unpaired) electrons. The highest BCUT2D eigenvalue weighted by Gasteiger charge is 2.48. The lowest BCUT2D eigenvalue weighted by Crippen LogP contribution is -2.60. The maximum atomic E-state index is 12.9. The van der Waals surface area contributed by atoms with E-state index >= 15 is 0 Å². The number of aliphatic hydroxyl groups excluding tert-OH is 3. The van der Waals surface area contributed by atoms with Crippen LogP contribution in [0, 0.1) is 0 Å². The van der Waals surface area contributed by atoms with Crippen molar-refractivity contribution in [2.75, 3.05) is 26.4 Å². The monoisotopic (exact) mass is 1020 g/mol. The van der Waals surface area contributed by atoms with E-state index in [1.54, 1.807) is 0 Å². The van der Waals surface area contributed by atoms with E-state index in [0.29, 0.717) is 13.0 Å². The van der Waals surface area contributed by atoms with Crippen LogP contribution in [0.2, 0.25) is 0 Å². The van der Waals surface area contributed by atoms with Crippen LogP contribution in [0.3, 0.4) is 0 Å². The van der Waals surface area contributed by atoms with Gasteiger partial charge in [-0.3, -0.25) is 9.35 Å². The zero-order valence-electron chi connectivity index (χ0n) is 43.7. The largest absolute Gasteiger partial charge is 0.457 e. The Balaban J connectivity index is 2.42. The van der Waals surface area contributed by atoms with Crippen molar-refractivity contribution in [1.82, 2.24) is 0 Å². The lowest BCUT2D eigenvalue weighted by Gasteiger charge is -2.41. The van der Waals surface area contributed by atoms with Crippen LogP contribution in [0.5, 0.6) is 0 Å². The van der Waals surface area contributed by atoms with E-state index in [0.717, 1.165) is 128 Å². The maximum Gasteiger partial charge on any atom is 0.397 e. The molecule has 6 unspecified atom stereocenters. The number of esters is 1. The fourth-order valence-electron chi connectivity index (χ4n) is 7.03. The Morgan fingerprint density at radius 1 is 0.528 bits per heavy atom. The van der Waals surface area contributed by atoms with Crippen molar-refractivity contribution < 1.29 is 56.2 Å². The summed E-state index contributed by atoms with van der Waals surface area (Å²) in [5.74, 6) is -0.455. The van der Waals surface area contributed by atoms with Gasteiger partial charge in [0, 0.05) is 13.0 Å². The predicted molar refractivity (Wildman–Crippen MR) is 293 cm³/mol. The molecule has 13 heteroatoms. The van der Waals surface area contributed by atoms with Gasteiger partial charge < -0.3 is 34.3 Å². The summed E-state index contributed by atoms with van der Waals surface area (Å²) >= 11 is 0. The topological polar surface area (TPSA) is 178 Å². The minimum Gasteiger partial charge on any atom is -0.457 e. The summed E-state index contributed by atoms with van der Waals surface area (Å²) in [5, 5.41) is 30.8. The molecule has 0 aromatic heterocycles. The summed E-state index contributed by atoms with van der Waals surface area (Å²) in [5.41, 5.74) is 0. The number of hydrogen-bond acceptors (Lipinski definition) is 11. The van der Waals surface area contributed by atoms with Crippen LogP contribution in [-0.4, -0.2) is 97.5 Å². The molecule has 0 aromatic carbocycles. The van der Waals surface area contributed by atoms with Crippen molar-refractivity contribution in [2.24, 2.45) is 0 Å². The van der Waals surface area contributed by atoms with Gasteiger partial charge >= 0.3 is 16.4 Å². The molecule has 1 heterocycles. The molecule has 4 N–H and O–H groups in total. The summed E-state index contributed by atoms with van der Waals surface area (Å²) in [7, 11) is -5.09. The van der Waals surface area contributed by atoms with Crippen molar-refractivity contribution in [3.05, 3.63) is 146 Å². The molecule has 0 saturated carbocycles. The van der Waals surface area contributed by atoms with Gasteiger partial charge in [-0.1, -0.05) is 179 Å². The van der Waals surface area contributed by atoms with Crippen LogP contribution < -0.4 is 0 Å². The molecular weight excluding hydrogens is 933 g/mol. The summed E-state index contributed by atoms with van der Waals surface area (Å²) in [4.78, 5) is 12.9. The second-order valence-corrected chi connectivity index (χ2v) is 18.4. The van der Waals surface area contributed by atoms with E-state index in [9.17, 15) is 33.1 Å². The van der Waals surface area contributed by atoms with Crippen LogP contribution in [0.25, 0.3) is 0 Å². The van der Waals surface area contributed by atoms with E-state index < -0.39 is 59.8 Å². The number of allylic oxidation sites excluding steroid dienone is 24. The number of carbonyl (C=O) groups excluding carboxylic acids is 1. The molecule has 0 aliphatic carbocycles. The Morgan fingerprint density at radius 3 is 1.33 bits per heavy atom. The maximum absolute atomic E-state index is 12.9. The standard InChI is InChI=1S/C59H92O12S/c1-3-5-7-9-11-13-15-17-19-21-23-25-26-27-29-31-33-35-37-39-41-43-45-47-49-67-51-53(52-68-59-57(63)58(71-72(64,65)66)56(62)54(50-60)70-59)69-55(61)48-46-44-42-40-38-36-34-32-30-28-24-22-20-18-16-14-12-10-8-6-4-2/h5-8,11-14,17-20,23-25,27-29,32-35,38,40,53-54,56-60,62-63H,3-4,9-10,15-16,21-22,26,30-31,36-37,39,41-52H2,1-2H3,(H,64,65,66)/b7-5-,8-6-,13-11-,14-12-,19-17-,20-18-,25-23-,28-24-,29-27-,34-32-,35-33-,40-38-. The molecule has 12 nitrogen and oxygen atoms in total. The van der Waals surface area contributed by atoms with Gasteiger partial charge in [0.25, 0.3) is 0 Å². The van der Waals surface area contributed by atoms with Gasteiger partial charge in [-0.25, -0.2) is 4.18 Å². The van der Waals surface area contributed by atoms with Crippen molar-refractivity contribution in [3.8, 4) is 0 Å². The van der Waals surface area contributed by atoms with Gasteiger partial charge in [0.2, 0.25) is 0 Å². The van der Waals surface area contributed by atoms with Crippen LogP contribution >= 0.6 is 0 Å². The summed E-state index contributed by atoms with van der Waals surface area (Å²) in [6.07, 6.45) is 63.0. The Bertz CT molecular complexity index is 1800. The van der Waals surface area contributed by atoms with Gasteiger partial charge in [-0.15, -0.1) is 0 Å². The molecule has 1 fully saturated rings. The third-order valence-electron chi connectivity index (χ3n) is 11.0. The van der Waals surface area contributed by atoms with E-state index in [4.69, 9.17) is 18.9 Å². The van der Waals surface area contributed by atoms with Gasteiger partial charge in [-0.05, 0) is 116 Å². The smallest absolute Gasteiger partial charge is 0.397 e. The fourth-order valence-corrected chi connectivity index (χ4v) is 7.54. The molecule has 0 amide bonds. The fraction of sp³-hybridized carbons (Fsp3) is 0.576. The Hall–Kier alpha value is -4.02. The first-order chi connectivity index (χ1) is 35.1. The van der Waals surface area contributed by atoms with E-state index in [1.165, 1.54) is 0 Å². The van der Waals surface area contributed by atoms with Gasteiger partial charge in [-0.2, -0.15) is 8.42 Å². The molecule has 0 aromatic rings. The highest BCUT2D eigenvalue weighted by molar-refractivity contribution is 7.80. The molecule has 1 aliphatic rings. The van der Waals surface area contributed by atoms with Crippen LogP contribution in [0.15, 0.2) is 146 Å². The van der Waals surface area contributed by atoms with E-state index in [2.05, 4.69) is 164 Å². The second-order valence-electron chi connectivity index (χ2n) is 17.3. The number of hydrogen-bond donors (Lipinski definition) is 4. The zero-order valence-corrected chi connectivity index (χ0v) is 44.5. The third-order valence-corrected chi connectivity index (χ3v) is 11.4. The van der Waals surface area contributed by atoms with Crippen molar-refractivity contribution in [2.45, 2.75) is 192 Å². The number of carbonyl (C=O) groups is 1. The Labute approximate surface area is 435 Å². The SMILES string of the molecule is CC/C=C\C/C=C\C/C=C\C/C=C\C/C=C\C/C=C\CCCCCCCOCC(COC1OC(CO)C(O)C(OS(=O)(=O)O)C1O)OC(=O)CCCC/C=C\C/C=C\C/C=C\C/C=C\C/C=C\C/C=C\CC. The van der Waals surface area contributed by atoms with Gasteiger partial charge in [0.15, 0.2) is 6.29 Å². The molecule has 72 heavy (non-hydrogen) atoms. The number of aliphatic hydroxyl groups is 3. The highest BCUT2D eigenvalue weighted by Crippen LogP contribution is 2.26. The molecule has 1 saturated heterocycles. The Morgan fingerprint density at radius 2 is 0.917 bits per heavy atom. The molecule has 1 rings (SSSR count). The van der Waals surface area contributed by atoms with Crippen LogP contribution in [0.1, 0.15) is 155 Å². The molecule has 406 valence electrons. The average molecular weight is 1030 g/mol. The quantitative estimate of drug-likeness (QED) is 0.0197. The molecule has 6 atom stereocenters. The molecule has 1 aliphatic heterocycles. The van der Waals surface area contributed by atoms with Gasteiger partial charge in [0.05, 0.1) is 19.8 Å². The van der Waals surface area contributed by atoms with Crippen molar-refractivity contribution >= 4 is 16.4 Å². The second kappa shape index (κ2) is 48.0. The van der Waals surface area contributed by atoms with Gasteiger partial charge in [0.1, 0.15) is 30.5 Å². The first-order valence-electron chi connectivity index (χ1n) is 26.6. The summed E-state index contributed by atoms with van der Waals surface area (Å²) in [6, 6.07) is 0. The average Bonchev–Trinajstić information content (AvgIpc) is 3.36.